The van der Waals surface area contributed by atoms with Crippen molar-refractivity contribution >= 4 is 10.0 Å². The summed E-state index contributed by atoms with van der Waals surface area (Å²) in [7, 11) is -1.82. The van der Waals surface area contributed by atoms with Crippen molar-refractivity contribution in [3.05, 3.63) is 24.1 Å². The van der Waals surface area contributed by atoms with E-state index in [-0.39, 0.29) is 0 Å². The first kappa shape index (κ1) is 11.0. The van der Waals surface area contributed by atoms with E-state index in [0.29, 0.717) is 11.5 Å². The van der Waals surface area contributed by atoms with Gasteiger partial charge in [-0.2, -0.15) is 0 Å². The first-order valence-corrected chi connectivity index (χ1v) is 5.17. The molecule has 0 aliphatic heterocycles. The second-order valence-corrected chi connectivity index (χ2v) is 3.95. The maximum absolute atomic E-state index is 10.8. The summed E-state index contributed by atoms with van der Waals surface area (Å²) in [5, 5.41) is 0. The highest BCUT2D eigenvalue weighted by Gasteiger charge is 2.06. The van der Waals surface area contributed by atoms with Crippen LogP contribution >= 0.6 is 0 Å². The van der Waals surface area contributed by atoms with Gasteiger partial charge in [-0.25, -0.2) is 8.42 Å². The van der Waals surface area contributed by atoms with Crippen molar-refractivity contribution in [3.63, 3.8) is 0 Å². The first-order valence-electron chi connectivity index (χ1n) is 3.28. The van der Waals surface area contributed by atoms with E-state index < -0.39 is 10.0 Å². The van der Waals surface area contributed by atoms with Crippen LogP contribution in [0, 0.1) is 0 Å². The molecule has 0 atom stereocenters. The molecule has 4 nitrogen and oxygen atoms in total. The molecule has 0 saturated heterocycles. The molecule has 0 aromatic carbocycles. The Balaban J connectivity index is 4.53. The molecule has 0 aromatic heterocycles. The lowest BCUT2D eigenvalue weighted by Gasteiger charge is -2.09. The van der Waals surface area contributed by atoms with Crippen molar-refractivity contribution < 1.29 is 13.2 Å². The number of ether oxygens (including phenoxy) is 1. The van der Waals surface area contributed by atoms with Crippen LogP contribution in [0.3, 0.4) is 0 Å². The number of hydrogen-bond donors (Lipinski definition) is 1. The van der Waals surface area contributed by atoms with E-state index in [9.17, 15) is 8.42 Å². The molecule has 0 bridgehead atoms. The van der Waals surface area contributed by atoms with Gasteiger partial charge < -0.3 is 4.74 Å². The van der Waals surface area contributed by atoms with Crippen molar-refractivity contribution in [2.45, 2.75) is 6.92 Å². The molecule has 5 heteroatoms. The van der Waals surface area contributed by atoms with Crippen LogP contribution in [0.5, 0.6) is 0 Å². The van der Waals surface area contributed by atoms with Crippen LogP contribution in [-0.4, -0.2) is 21.8 Å². The minimum absolute atomic E-state index is 0.294. The van der Waals surface area contributed by atoms with Gasteiger partial charge in [0.25, 0.3) is 0 Å². The third-order valence-electron chi connectivity index (χ3n) is 1.13. The van der Waals surface area contributed by atoms with Crippen LogP contribution < -0.4 is 4.72 Å². The van der Waals surface area contributed by atoms with E-state index in [4.69, 9.17) is 4.74 Å². The Morgan fingerprint density at radius 3 is 2.33 bits per heavy atom. The average molecular weight is 191 g/mol. The van der Waals surface area contributed by atoms with E-state index in [0.717, 1.165) is 6.26 Å². The zero-order valence-corrected chi connectivity index (χ0v) is 8.23. The molecular formula is C7H13NO3S. The van der Waals surface area contributed by atoms with Crippen LogP contribution in [-0.2, 0) is 14.8 Å². The predicted octanol–water partition coefficient (Wildman–Crippen LogP) is 0.599. The normalized spacial score (nSPS) is 12.4. The fourth-order valence-electron chi connectivity index (χ4n) is 0.587. The third-order valence-corrected chi connectivity index (χ3v) is 1.72. The molecule has 0 unspecified atom stereocenters. The molecular weight excluding hydrogens is 178 g/mol. The van der Waals surface area contributed by atoms with E-state index in [1.54, 1.807) is 13.0 Å². The number of hydrogen-bond acceptors (Lipinski definition) is 3. The first-order chi connectivity index (χ1) is 5.40. The van der Waals surface area contributed by atoms with Gasteiger partial charge in [0.05, 0.1) is 19.1 Å². The smallest absolute Gasteiger partial charge is 0.229 e. The lowest BCUT2D eigenvalue weighted by atomic mass is 10.4. The predicted molar refractivity (Wildman–Crippen MR) is 47.9 cm³/mol. The quantitative estimate of drug-likeness (QED) is 0.523. The molecule has 70 valence electrons. The third kappa shape index (κ3) is 4.02. The van der Waals surface area contributed by atoms with Crippen LogP contribution in [0.15, 0.2) is 24.1 Å². The maximum atomic E-state index is 10.8. The molecule has 0 radical (unpaired) electrons. The van der Waals surface area contributed by atoms with Crippen molar-refractivity contribution in [1.29, 1.82) is 0 Å². The highest BCUT2D eigenvalue weighted by atomic mass is 32.2. The molecule has 0 spiro atoms. The topological polar surface area (TPSA) is 55.4 Å². The SMILES string of the molecule is C=C(OC)/C(=C\C)NS(C)(=O)=O. The van der Waals surface area contributed by atoms with Crippen molar-refractivity contribution in [2.24, 2.45) is 0 Å². The molecule has 0 rings (SSSR count). The van der Waals surface area contributed by atoms with Gasteiger partial charge >= 0.3 is 0 Å². The molecule has 0 saturated carbocycles. The number of allylic oxidation sites excluding steroid dienone is 1. The maximum Gasteiger partial charge on any atom is 0.229 e. The van der Waals surface area contributed by atoms with Gasteiger partial charge in [0, 0.05) is 0 Å². The van der Waals surface area contributed by atoms with Crippen LogP contribution in [0.1, 0.15) is 6.92 Å². The highest BCUT2D eigenvalue weighted by Crippen LogP contribution is 2.04. The largest absolute Gasteiger partial charge is 0.495 e. The summed E-state index contributed by atoms with van der Waals surface area (Å²) in [5.74, 6) is 0.294. The second-order valence-electron chi connectivity index (χ2n) is 2.20. The number of sulfonamides is 1. The Labute approximate surface area is 73.0 Å². The minimum atomic E-state index is -3.25. The van der Waals surface area contributed by atoms with Gasteiger partial charge in [0.1, 0.15) is 5.76 Å². The fraction of sp³-hybridized carbons (Fsp3) is 0.429. The molecule has 0 aliphatic carbocycles. The number of rotatable bonds is 4. The van der Waals surface area contributed by atoms with Gasteiger partial charge in [-0.1, -0.05) is 12.7 Å². The lowest BCUT2D eigenvalue weighted by molar-refractivity contribution is 0.300. The Kier molecular flexibility index (Phi) is 3.82. The highest BCUT2D eigenvalue weighted by molar-refractivity contribution is 7.88. The summed E-state index contributed by atoms with van der Waals surface area (Å²) in [4.78, 5) is 0. The zero-order chi connectivity index (χ0) is 9.78. The monoisotopic (exact) mass is 191 g/mol. The Hall–Kier alpha value is -0.970. The summed E-state index contributed by atoms with van der Waals surface area (Å²) in [5.41, 5.74) is 0.361. The van der Waals surface area contributed by atoms with E-state index in [2.05, 4.69) is 11.3 Å². The second kappa shape index (κ2) is 4.15. The van der Waals surface area contributed by atoms with Crippen molar-refractivity contribution in [2.75, 3.05) is 13.4 Å². The minimum Gasteiger partial charge on any atom is -0.495 e. The number of methoxy groups -OCH3 is 1. The van der Waals surface area contributed by atoms with E-state index >= 15 is 0 Å². The Morgan fingerprint density at radius 1 is 1.58 bits per heavy atom. The van der Waals surface area contributed by atoms with Crippen molar-refractivity contribution in [3.8, 4) is 0 Å². The average Bonchev–Trinajstić information content (AvgIpc) is 1.97. The van der Waals surface area contributed by atoms with Gasteiger partial charge in [0.15, 0.2) is 0 Å². The standard InChI is InChI=1S/C7H13NO3S/c1-5-7(6(2)11-3)8-12(4,9)10/h5,8H,2H2,1,3-4H3/b7-5+. The Morgan fingerprint density at radius 2 is 2.08 bits per heavy atom. The summed E-state index contributed by atoms with van der Waals surface area (Å²) < 4.78 is 28.6. The summed E-state index contributed by atoms with van der Waals surface area (Å²) in [6.45, 7) is 5.20. The molecule has 1 N–H and O–H groups in total. The van der Waals surface area contributed by atoms with E-state index in [1.807, 2.05) is 0 Å². The number of nitrogens with one attached hydrogen (secondary N) is 1. The lowest BCUT2D eigenvalue weighted by Crippen LogP contribution is -2.22. The van der Waals surface area contributed by atoms with Gasteiger partial charge in [-0.05, 0) is 6.92 Å². The van der Waals surface area contributed by atoms with Gasteiger partial charge in [-0.3, -0.25) is 4.72 Å². The van der Waals surface area contributed by atoms with Crippen LogP contribution in [0.25, 0.3) is 0 Å². The van der Waals surface area contributed by atoms with Crippen LogP contribution in [0.4, 0.5) is 0 Å². The fourth-order valence-corrected chi connectivity index (χ4v) is 1.22. The van der Waals surface area contributed by atoms with Gasteiger partial charge in [-0.15, -0.1) is 0 Å². The summed E-state index contributed by atoms with van der Waals surface area (Å²) in [6, 6.07) is 0. The van der Waals surface area contributed by atoms with Crippen molar-refractivity contribution in [1.82, 2.24) is 4.72 Å². The summed E-state index contributed by atoms with van der Waals surface area (Å²) in [6.07, 6.45) is 2.65. The molecule has 12 heavy (non-hydrogen) atoms. The molecule has 0 fully saturated rings. The summed E-state index contributed by atoms with van der Waals surface area (Å²) >= 11 is 0. The van der Waals surface area contributed by atoms with E-state index in [1.165, 1.54) is 7.11 Å². The molecule has 0 amide bonds. The molecule has 0 heterocycles. The molecule has 0 aliphatic rings. The molecule has 0 aromatic rings. The Bertz CT molecular complexity index is 290. The van der Waals surface area contributed by atoms with Gasteiger partial charge in [0.2, 0.25) is 10.0 Å². The van der Waals surface area contributed by atoms with Crippen LogP contribution in [0.2, 0.25) is 0 Å². The zero-order valence-electron chi connectivity index (χ0n) is 7.42.